The average molecular weight is 425 g/mol. The predicted octanol–water partition coefficient (Wildman–Crippen LogP) is 2.93. The summed E-state index contributed by atoms with van der Waals surface area (Å²) in [4.78, 5) is -0.0809. The first-order valence-corrected chi connectivity index (χ1v) is 8.50. The number of rotatable bonds is 4. The standard InChI is InChI=1S/C13H13FINO4S/c1-7-10(6-17)13(8(2)20-7)21(18,19)16-12-4-3-9(14)5-11(12)15/h3-5,16-17H,6H2,1-2H3. The maximum absolute atomic E-state index is 13.1. The summed E-state index contributed by atoms with van der Waals surface area (Å²) in [7, 11) is -3.93. The van der Waals surface area contributed by atoms with Gasteiger partial charge in [-0.2, -0.15) is 0 Å². The number of aryl methyl sites for hydroxylation is 2. The molecule has 0 unspecified atom stereocenters. The SMILES string of the molecule is Cc1oc(C)c(S(=O)(=O)Nc2ccc(F)cc2I)c1CO. The molecule has 0 aliphatic carbocycles. The van der Waals surface area contributed by atoms with Gasteiger partial charge >= 0.3 is 0 Å². The molecule has 8 heteroatoms. The zero-order valence-corrected chi connectivity index (χ0v) is 14.2. The van der Waals surface area contributed by atoms with E-state index < -0.39 is 22.4 Å². The van der Waals surface area contributed by atoms with Crippen LogP contribution in [0.4, 0.5) is 10.1 Å². The number of benzene rings is 1. The maximum atomic E-state index is 13.1. The molecule has 1 heterocycles. The van der Waals surface area contributed by atoms with Crippen LogP contribution in [-0.4, -0.2) is 13.5 Å². The number of halogens is 2. The first-order valence-electron chi connectivity index (χ1n) is 5.94. The first kappa shape index (κ1) is 16.2. The summed E-state index contributed by atoms with van der Waals surface area (Å²) in [5, 5.41) is 9.33. The highest BCUT2D eigenvalue weighted by molar-refractivity contribution is 14.1. The second kappa shape index (κ2) is 5.93. The van der Waals surface area contributed by atoms with Gasteiger partial charge in [0.15, 0.2) is 0 Å². The van der Waals surface area contributed by atoms with E-state index in [1.165, 1.54) is 25.1 Å². The second-order valence-electron chi connectivity index (χ2n) is 4.41. The molecule has 2 rings (SSSR count). The van der Waals surface area contributed by atoms with Crippen LogP contribution in [0.3, 0.4) is 0 Å². The van der Waals surface area contributed by atoms with Crippen molar-refractivity contribution in [1.29, 1.82) is 0 Å². The number of aliphatic hydroxyl groups excluding tert-OH is 1. The van der Waals surface area contributed by atoms with E-state index in [0.717, 1.165) is 0 Å². The molecular weight excluding hydrogens is 412 g/mol. The molecular formula is C13H13FINO4S. The van der Waals surface area contributed by atoms with Crippen LogP contribution in [0, 0.1) is 23.2 Å². The van der Waals surface area contributed by atoms with E-state index in [1.807, 2.05) is 22.6 Å². The zero-order chi connectivity index (χ0) is 15.8. The van der Waals surface area contributed by atoms with Gasteiger partial charge in [0.1, 0.15) is 22.2 Å². The minimum atomic E-state index is -3.93. The van der Waals surface area contributed by atoms with Gasteiger partial charge in [0, 0.05) is 9.13 Å². The van der Waals surface area contributed by atoms with Crippen molar-refractivity contribution in [3.05, 3.63) is 44.7 Å². The molecule has 1 aromatic heterocycles. The lowest BCUT2D eigenvalue weighted by Crippen LogP contribution is -2.16. The molecule has 114 valence electrons. The molecule has 0 radical (unpaired) electrons. The second-order valence-corrected chi connectivity index (χ2v) is 7.19. The van der Waals surface area contributed by atoms with Crippen LogP contribution in [0.1, 0.15) is 17.1 Å². The molecule has 0 atom stereocenters. The van der Waals surface area contributed by atoms with E-state index in [0.29, 0.717) is 9.33 Å². The van der Waals surface area contributed by atoms with Gasteiger partial charge in [-0.25, -0.2) is 12.8 Å². The van der Waals surface area contributed by atoms with Gasteiger partial charge in [-0.05, 0) is 54.6 Å². The van der Waals surface area contributed by atoms with Gasteiger partial charge < -0.3 is 9.52 Å². The van der Waals surface area contributed by atoms with Gasteiger partial charge in [0.25, 0.3) is 10.0 Å². The molecule has 1 aromatic carbocycles. The Balaban J connectivity index is 2.48. The number of hydrogen-bond acceptors (Lipinski definition) is 4. The third-order valence-corrected chi connectivity index (χ3v) is 5.38. The normalized spacial score (nSPS) is 11.7. The quantitative estimate of drug-likeness (QED) is 0.739. The Kier molecular flexibility index (Phi) is 4.59. The van der Waals surface area contributed by atoms with E-state index in [-0.39, 0.29) is 21.9 Å². The molecule has 2 N–H and O–H groups in total. The Bertz CT molecular complexity index is 786. The number of nitrogens with one attached hydrogen (secondary N) is 1. The summed E-state index contributed by atoms with van der Waals surface area (Å²) in [6.07, 6.45) is 0. The van der Waals surface area contributed by atoms with Crippen molar-refractivity contribution in [2.75, 3.05) is 4.72 Å². The van der Waals surface area contributed by atoms with E-state index in [9.17, 15) is 17.9 Å². The summed E-state index contributed by atoms with van der Waals surface area (Å²) in [6.45, 7) is 2.65. The van der Waals surface area contributed by atoms with Crippen LogP contribution in [0.25, 0.3) is 0 Å². The van der Waals surface area contributed by atoms with Crippen LogP contribution < -0.4 is 4.72 Å². The first-order chi connectivity index (χ1) is 9.76. The fraction of sp³-hybridized carbons (Fsp3) is 0.231. The largest absolute Gasteiger partial charge is 0.465 e. The van der Waals surface area contributed by atoms with Crippen molar-refractivity contribution < 1.29 is 22.3 Å². The van der Waals surface area contributed by atoms with Crippen LogP contribution in [0.5, 0.6) is 0 Å². The van der Waals surface area contributed by atoms with Crippen LogP contribution >= 0.6 is 22.6 Å². The van der Waals surface area contributed by atoms with Gasteiger partial charge in [-0.3, -0.25) is 4.72 Å². The smallest absolute Gasteiger partial charge is 0.265 e. The van der Waals surface area contributed by atoms with E-state index in [4.69, 9.17) is 4.42 Å². The van der Waals surface area contributed by atoms with Crippen LogP contribution in [0.2, 0.25) is 0 Å². The van der Waals surface area contributed by atoms with Gasteiger partial charge in [-0.1, -0.05) is 0 Å². The summed E-state index contributed by atoms with van der Waals surface area (Å²) in [6, 6.07) is 3.73. The van der Waals surface area contributed by atoms with Crippen LogP contribution in [0.15, 0.2) is 27.5 Å². The molecule has 5 nitrogen and oxygen atoms in total. The monoisotopic (exact) mass is 425 g/mol. The van der Waals surface area contributed by atoms with Crippen molar-refractivity contribution in [2.45, 2.75) is 25.3 Å². The Morgan fingerprint density at radius 1 is 1.33 bits per heavy atom. The Morgan fingerprint density at radius 2 is 2.00 bits per heavy atom. The predicted molar refractivity (Wildman–Crippen MR) is 84.0 cm³/mol. The molecule has 0 amide bonds. The molecule has 0 spiro atoms. The van der Waals surface area contributed by atoms with Crippen molar-refractivity contribution in [2.24, 2.45) is 0 Å². The minimum absolute atomic E-state index is 0.0809. The number of hydrogen-bond donors (Lipinski definition) is 2. The highest BCUT2D eigenvalue weighted by Crippen LogP contribution is 2.29. The molecule has 0 aliphatic heterocycles. The lowest BCUT2D eigenvalue weighted by Gasteiger charge is -2.10. The molecule has 0 aliphatic rings. The highest BCUT2D eigenvalue weighted by atomic mass is 127. The summed E-state index contributed by atoms with van der Waals surface area (Å²) in [5.74, 6) is 0.0964. The Labute approximate surface area is 135 Å². The van der Waals surface area contributed by atoms with Gasteiger partial charge in [0.05, 0.1) is 12.3 Å². The highest BCUT2D eigenvalue weighted by Gasteiger charge is 2.27. The van der Waals surface area contributed by atoms with E-state index in [2.05, 4.69) is 4.72 Å². The maximum Gasteiger partial charge on any atom is 0.265 e. The average Bonchev–Trinajstić information content (AvgIpc) is 2.67. The third kappa shape index (κ3) is 3.22. The summed E-state index contributed by atoms with van der Waals surface area (Å²) >= 11 is 1.84. The molecule has 0 saturated carbocycles. The van der Waals surface area contributed by atoms with Crippen molar-refractivity contribution in [3.63, 3.8) is 0 Å². The summed E-state index contributed by atoms with van der Waals surface area (Å²) < 4.78 is 46.1. The number of anilines is 1. The van der Waals surface area contributed by atoms with Crippen molar-refractivity contribution >= 4 is 38.3 Å². The van der Waals surface area contributed by atoms with Crippen LogP contribution in [-0.2, 0) is 16.6 Å². The Morgan fingerprint density at radius 3 is 2.57 bits per heavy atom. The van der Waals surface area contributed by atoms with E-state index >= 15 is 0 Å². The minimum Gasteiger partial charge on any atom is -0.465 e. The van der Waals surface area contributed by atoms with Crippen molar-refractivity contribution in [3.8, 4) is 0 Å². The lowest BCUT2D eigenvalue weighted by molar-refractivity contribution is 0.276. The fourth-order valence-electron chi connectivity index (χ4n) is 2.01. The van der Waals surface area contributed by atoms with E-state index in [1.54, 1.807) is 6.92 Å². The molecule has 0 bridgehead atoms. The van der Waals surface area contributed by atoms with Gasteiger partial charge in [-0.15, -0.1) is 0 Å². The van der Waals surface area contributed by atoms with Crippen molar-refractivity contribution in [1.82, 2.24) is 0 Å². The number of aliphatic hydroxyl groups is 1. The molecule has 0 saturated heterocycles. The number of sulfonamides is 1. The number of furan rings is 1. The molecule has 21 heavy (non-hydrogen) atoms. The zero-order valence-electron chi connectivity index (χ0n) is 11.3. The third-order valence-electron chi connectivity index (χ3n) is 2.93. The summed E-state index contributed by atoms with van der Waals surface area (Å²) in [5.41, 5.74) is 0.483. The van der Waals surface area contributed by atoms with Gasteiger partial charge in [0.2, 0.25) is 0 Å². The molecule has 0 fully saturated rings. The Hall–Kier alpha value is -1.13. The molecule has 2 aromatic rings. The lowest BCUT2D eigenvalue weighted by atomic mass is 10.2. The fourth-order valence-corrected chi connectivity index (χ4v) is 4.33. The topological polar surface area (TPSA) is 79.5 Å².